The Kier molecular flexibility index (Phi) is 3.16. The molecule has 0 atom stereocenters. The second-order valence-electron chi connectivity index (χ2n) is 2.44. The van der Waals surface area contributed by atoms with E-state index in [-0.39, 0.29) is 6.61 Å². The van der Waals surface area contributed by atoms with Gasteiger partial charge in [0.1, 0.15) is 0 Å². The van der Waals surface area contributed by atoms with Gasteiger partial charge in [0.25, 0.3) is 0 Å². The number of aliphatic hydroxyl groups excluding tert-OH is 1. The number of urea groups is 1. The zero-order valence-electron chi connectivity index (χ0n) is 6.84. The van der Waals surface area contributed by atoms with Gasteiger partial charge in [-0.1, -0.05) is 31.0 Å². The van der Waals surface area contributed by atoms with Crippen LogP contribution in [0.25, 0.3) is 0 Å². The topological polar surface area (TPSA) is 66.6 Å². The highest BCUT2D eigenvalue weighted by molar-refractivity contribution is 7.82. The lowest BCUT2D eigenvalue weighted by Crippen LogP contribution is -2.27. The van der Waals surface area contributed by atoms with Crippen molar-refractivity contribution in [3.05, 3.63) is 29.8 Å². The number of carbonyl (C=O) groups excluding carboxylic acids is 1. The Morgan fingerprint density at radius 3 is 2.69 bits per heavy atom. The zero-order valence-corrected chi connectivity index (χ0v) is 7.74. The molecule has 0 bridgehead atoms. The number of nitrogens with two attached hydrogens (primary N) is 1. The van der Waals surface area contributed by atoms with Crippen LogP contribution in [0.2, 0.25) is 0 Å². The van der Waals surface area contributed by atoms with E-state index in [9.17, 15) is 4.79 Å². The average Bonchev–Trinajstić information content (AvgIpc) is 2.16. The minimum atomic E-state index is -0.677. The van der Waals surface area contributed by atoms with E-state index in [1.165, 1.54) is 0 Å². The molecule has 0 saturated heterocycles. The van der Waals surface area contributed by atoms with Crippen molar-refractivity contribution in [2.24, 2.45) is 5.73 Å². The fourth-order valence-corrected chi connectivity index (χ4v) is 1.16. The standard InChI is InChI=1S/C8H10N2O2S/c9-8(12)10(13)7-4-2-1-3-6(7)5-11/h1-4,11,13H,5H2,(H2,9,12). The van der Waals surface area contributed by atoms with Gasteiger partial charge in [0.05, 0.1) is 12.3 Å². The molecule has 1 aromatic rings. The maximum Gasteiger partial charge on any atom is 0.329 e. The van der Waals surface area contributed by atoms with E-state index in [4.69, 9.17) is 10.8 Å². The van der Waals surface area contributed by atoms with Crippen LogP contribution in [0, 0.1) is 0 Å². The van der Waals surface area contributed by atoms with Crippen LogP contribution in [-0.2, 0) is 6.61 Å². The Hall–Kier alpha value is -1.20. The largest absolute Gasteiger partial charge is 0.392 e. The molecule has 13 heavy (non-hydrogen) atoms. The van der Waals surface area contributed by atoms with Crippen LogP contribution < -0.4 is 10.0 Å². The van der Waals surface area contributed by atoms with Crippen molar-refractivity contribution in [3.8, 4) is 0 Å². The molecule has 0 fully saturated rings. The van der Waals surface area contributed by atoms with Crippen molar-refractivity contribution in [3.63, 3.8) is 0 Å². The Balaban J connectivity index is 3.05. The molecule has 2 amide bonds. The summed E-state index contributed by atoms with van der Waals surface area (Å²) in [6.07, 6.45) is 0. The van der Waals surface area contributed by atoms with Crippen LogP contribution in [0.5, 0.6) is 0 Å². The van der Waals surface area contributed by atoms with Crippen LogP contribution in [-0.4, -0.2) is 11.1 Å². The second-order valence-corrected chi connectivity index (χ2v) is 2.84. The molecule has 0 unspecified atom stereocenters. The third kappa shape index (κ3) is 2.13. The first-order valence-electron chi connectivity index (χ1n) is 3.64. The summed E-state index contributed by atoms with van der Waals surface area (Å²) in [4.78, 5) is 10.8. The monoisotopic (exact) mass is 198 g/mol. The molecule has 0 aliphatic heterocycles. The van der Waals surface area contributed by atoms with E-state index in [0.29, 0.717) is 11.3 Å². The molecule has 0 saturated carbocycles. The van der Waals surface area contributed by atoms with Gasteiger partial charge in [-0.25, -0.2) is 9.10 Å². The molecular formula is C8H10N2O2S. The van der Waals surface area contributed by atoms with Crippen molar-refractivity contribution in [2.75, 3.05) is 4.31 Å². The Morgan fingerprint density at radius 1 is 1.54 bits per heavy atom. The molecule has 0 heterocycles. The molecule has 4 nitrogen and oxygen atoms in total. The number of rotatable bonds is 2. The molecule has 0 radical (unpaired) electrons. The quantitative estimate of drug-likeness (QED) is 0.618. The van der Waals surface area contributed by atoms with Gasteiger partial charge >= 0.3 is 6.03 Å². The summed E-state index contributed by atoms with van der Waals surface area (Å²) in [6, 6.07) is 6.17. The maximum atomic E-state index is 10.8. The molecule has 3 N–H and O–H groups in total. The van der Waals surface area contributed by atoms with E-state index in [2.05, 4.69) is 12.8 Å². The van der Waals surface area contributed by atoms with Gasteiger partial charge in [0.15, 0.2) is 0 Å². The fourth-order valence-electron chi connectivity index (χ4n) is 0.970. The first kappa shape index (κ1) is 9.88. The van der Waals surface area contributed by atoms with Gasteiger partial charge in [0.2, 0.25) is 0 Å². The van der Waals surface area contributed by atoms with Crippen molar-refractivity contribution < 1.29 is 9.90 Å². The van der Waals surface area contributed by atoms with Gasteiger partial charge < -0.3 is 10.8 Å². The molecule has 1 aromatic carbocycles. The van der Waals surface area contributed by atoms with E-state index in [1.54, 1.807) is 24.3 Å². The average molecular weight is 198 g/mol. The lowest BCUT2D eigenvalue weighted by molar-refractivity contribution is 0.257. The summed E-state index contributed by atoms with van der Waals surface area (Å²) in [5.74, 6) is 0. The highest BCUT2D eigenvalue weighted by Gasteiger charge is 2.10. The first-order valence-corrected chi connectivity index (χ1v) is 4.04. The number of amides is 2. The van der Waals surface area contributed by atoms with Crippen LogP contribution in [0.1, 0.15) is 5.56 Å². The number of anilines is 1. The summed E-state index contributed by atoms with van der Waals surface area (Å²) in [6.45, 7) is -0.152. The van der Waals surface area contributed by atoms with Crippen molar-refractivity contribution in [2.45, 2.75) is 6.61 Å². The number of benzene rings is 1. The van der Waals surface area contributed by atoms with Gasteiger partial charge in [-0.15, -0.1) is 0 Å². The highest BCUT2D eigenvalue weighted by Crippen LogP contribution is 2.21. The van der Waals surface area contributed by atoms with Gasteiger partial charge in [0, 0.05) is 5.56 Å². The Bertz CT molecular complexity index is 317. The fraction of sp³-hybridized carbons (Fsp3) is 0.125. The minimum Gasteiger partial charge on any atom is -0.392 e. The normalized spacial score (nSPS) is 9.69. The lowest BCUT2D eigenvalue weighted by Gasteiger charge is -2.15. The summed E-state index contributed by atoms with van der Waals surface area (Å²) >= 11 is 3.89. The van der Waals surface area contributed by atoms with Crippen molar-refractivity contribution in [1.29, 1.82) is 0 Å². The predicted molar refractivity (Wildman–Crippen MR) is 53.4 cm³/mol. The van der Waals surface area contributed by atoms with E-state index in [0.717, 1.165) is 4.31 Å². The molecule has 5 heteroatoms. The number of para-hydroxylation sites is 1. The van der Waals surface area contributed by atoms with E-state index in [1.807, 2.05) is 0 Å². The van der Waals surface area contributed by atoms with Crippen LogP contribution in [0.15, 0.2) is 24.3 Å². The molecule has 1 rings (SSSR count). The third-order valence-electron chi connectivity index (χ3n) is 1.60. The summed E-state index contributed by atoms with van der Waals surface area (Å²) in [5, 5.41) is 8.94. The zero-order chi connectivity index (χ0) is 9.84. The minimum absolute atomic E-state index is 0.152. The van der Waals surface area contributed by atoms with Crippen LogP contribution in [0.4, 0.5) is 10.5 Å². The maximum absolute atomic E-state index is 10.8. The number of hydrogen-bond acceptors (Lipinski definition) is 3. The predicted octanol–water partition coefficient (Wildman–Crippen LogP) is 0.909. The number of carbonyl (C=O) groups is 1. The first-order chi connectivity index (χ1) is 6.16. The van der Waals surface area contributed by atoms with Gasteiger partial charge in [-0.05, 0) is 6.07 Å². The lowest BCUT2D eigenvalue weighted by atomic mass is 10.2. The van der Waals surface area contributed by atoms with Crippen LogP contribution in [0.3, 0.4) is 0 Å². The molecule has 0 aliphatic carbocycles. The molecule has 0 aliphatic rings. The van der Waals surface area contributed by atoms with E-state index >= 15 is 0 Å². The smallest absolute Gasteiger partial charge is 0.329 e. The molecule has 70 valence electrons. The molecule has 0 aromatic heterocycles. The van der Waals surface area contributed by atoms with Gasteiger partial charge in [-0.2, -0.15) is 0 Å². The number of nitrogens with zero attached hydrogens (tertiary/aromatic N) is 1. The van der Waals surface area contributed by atoms with Crippen molar-refractivity contribution in [1.82, 2.24) is 0 Å². The number of primary amides is 1. The number of hydrogen-bond donors (Lipinski definition) is 3. The second kappa shape index (κ2) is 4.15. The summed E-state index contributed by atoms with van der Waals surface area (Å²) in [5.41, 5.74) is 6.13. The van der Waals surface area contributed by atoms with Crippen LogP contribution >= 0.6 is 12.8 Å². The molecule has 0 spiro atoms. The third-order valence-corrected chi connectivity index (χ3v) is 2.01. The van der Waals surface area contributed by atoms with Gasteiger partial charge in [-0.3, -0.25) is 0 Å². The van der Waals surface area contributed by atoms with Crippen molar-refractivity contribution >= 4 is 24.5 Å². The number of aliphatic hydroxyl groups is 1. The number of thiol groups is 1. The molecular weight excluding hydrogens is 188 g/mol. The Morgan fingerprint density at radius 2 is 2.15 bits per heavy atom. The summed E-state index contributed by atoms with van der Waals surface area (Å²) in [7, 11) is 0. The Labute approximate surface area is 81.5 Å². The highest BCUT2D eigenvalue weighted by atomic mass is 32.1. The summed E-state index contributed by atoms with van der Waals surface area (Å²) < 4.78 is 0.992. The van der Waals surface area contributed by atoms with E-state index < -0.39 is 6.03 Å². The SMILES string of the molecule is NC(=O)N(S)c1ccccc1CO.